The Balaban J connectivity index is 2.55. The number of carbonyl (C=O) groups is 2. The molecule has 0 aliphatic carbocycles. The monoisotopic (exact) mass is 365 g/mol. The van der Waals surface area contributed by atoms with Crippen molar-refractivity contribution >= 4 is 11.9 Å². The van der Waals surface area contributed by atoms with Crippen molar-refractivity contribution in [3.05, 3.63) is 24.3 Å². The maximum atomic E-state index is 12.3. The van der Waals surface area contributed by atoms with E-state index in [-0.39, 0.29) is 18.4 Å². The number of amides is 1. The number of hydrogen-bond acceptors (Lipinski definition) is 3. The van der Waals surface area contributed by atoms with E-state index < -0.39 is 11.6 Å². The van der Waals surface area contributed by atoms with Gasteiger partial charge >= 0.3 is 5.97 Å². The van der Waals surface area contributed by atoms with Crippen LogP contribution in [-0.2, 0) is 9.59 Å². The Kier molecular flexibility index (Phi) is 10.3. The van der Waals surface area contributed by atoms with Crippen molar-refractivity contribution in [3.63, 3.8) is 0 Å². The van der Waals surface area contributed by atoms with Gasteiger partial charge in [0, 0.05) is 19.4 Å². The summed E-state index contributed by atoms with van der Waals surface area (Å²) in [5.41, 5.74) is -0.825. The van der Waals surface area contributed by atoms with Crippen molar-refractivity contribution in [2.45, 2.75) is 89.7 Å². The normalized spacial score (nSPS) is 20.8. The van der Waals surface area contributed by atoms with Crippen LogP contribution in [0.1, 0.15) is 78.1 Å². The first kappa shape index (κ1) is 22.4. The zero-order valence-corrected chi connectivity index (χ0v) is 16.3. The van der Waals surface area contributed by atoms with E-state index in [9.17, 15) is 14.7 Å². The molecule has 0 radical (unpaired) electrons. The van der Waals surface area contributed by atoms with Crippen molar-refractivity contribution in [1.29, 1.82) is 0 Å². The third-order valence-corrected chi connectivity index (χ3v) is 4.81. The summed E-state index contributed by atoms with van der Waals surface area (Å²) in [6, 6.07) is 0.0255. The number of aliphatic carboxylic acids is 1. The smallest absolute Gasteiger partial charge is 0.303 e. The number of carboxylic acids is 1. The maximum Gasteiger partial charge on any atom is 0.303 e. The summed E-state index contributed by atoms with van der Waals surface area (Å²) in [5.74, 6) is -0.632. The number of rotatable bonds is 12. The summed E-state index contributed by atoms with van der Waals surface area (Å²) in [7, 11) is 0. The van der Waals surface area contributed by atoms with Crippen LogP contribution in [0.5, 0.6) is 0 Å². The summed E-state index contributed by atoms with van der Waals surface area (Å²) in [4.78, 5) is 24.6. The molecule has 0 aromatic carbocycles. The molecule has 5 nitrogen and oxygen atoms in total. The van der Waals surface area contributed by atoms with Crippen LogP contribution in [0.2, 0.25) is 0 Å². The highest BCUT2D eigenvalue weighted by atomic mass is 16.4. The van der Waals surface area contributed by atoms with Gasteiger partial charge in [-0.25, -0.2) is 0 Å². The number of hydrogen-bond donors (Lipinski definition) is 2. The fraction of sp³-hybridized carbons (Fsp3) is 0.714. The quantitative estimate of drug-likeness (QED) is 0.404. The first-order chi connectivity index (χ1) is 12.4. The lowest BCUT2D eigenvalue weighted by molar-refractivity contribution is -0.137. The van der Waals surface area contributed by atoms with Gasteiger partial charge in [-0.05, 0) is 39.0 Å². The molecule has 1 unspecified atom stereocenters. The van der Waals surface area contributed by atoms with Gasteiger partial charge in [0.2, 0.25) is 5.91 Å². The topological polar surface area (TPSA) is 77.8 Å². The van der Waals surface area contributed by atoms with E-state index in [0.29, 0.717) is 25.8 Å². The highest BCUT2D eigenvalue weighted by Gasteiger charge is 2.26. The minimum Gasteiger partial charge on any atom is -0.481 e. The van der Waals surface area contributed by atoms with Gasteiger partial charge in [-0.3, -0.25) is 9.59 Å². The molecule has 1 fully saturated rings. The average molecular weight is 366 g/mol. The van der Waals surface area contributed by atoms with E-state index in [1.54, 1.807) is 0 Å². The molecule has 1 amide bonds. The molecule has 0 aromatic rings. The number of carboxylic acid groups (broad SMARTS) is 1. The minimum absolute atomic E-state index is 0.0255. The van der Waals surface area contributed by atoms with Crippen LogP contribution in [0.3, 0.4) is 0 Å². The number of piperidine rings is 1. The molecule has 2 N–H and O–H groups in total. The Labute approximate surface area is 157 Å². The lowest BCUT2D eigenvalue weighted by Gasteiger charge is -2.34. The Morgan fingerprint density at radius 2 is 2.08 bits per heavy atom. The number of likely N-dealkylation sites (tertiary alicyclic amines) is 1. The van der Waals surface area contributed by atoms with E-state index >= 15 is 0 Å². The third kappa shape index (κ3) is 9.18. The number of allylic oxidation sites excluding steroid dienone is 1. The van der Waals surface area contributed by atoms with Gasteiger partial charge in [-0.2, -0.15) is 0 Å². The standard InChI is InChI=1S/C21H35NO4/c1-3-4-8-15-21(2,26)16-14-18-11-10-12-19(23)22(18)17-9-6-5-7-13-20(24)25/h6,9,14,16,18,26H,3-5,7-8,10-13,15,17H2,1-2H3,(H,24,25)/b9-6-,16-14+/t18-,21?/m1/s1. The van der Waals surface area contributed by atoms with Gasteiger partial charge in [0.25, 0.3) is 0 Å². The van der Waals surface area contributed by atoms with Crippen LogP contribution >= 0.6 is 0 Å². The largest absolute Gasteiger partial charge is 0.481 e. The molecule has 26 heavy (non-hydrogen) atoms. The van der Waals surface area contributed by atoms with Crippen molar-refractivity contribution in [3.8, 4) is 0 Å². The van der Waals surface area contributed by atoms with Gasteiger partial charge in [0.05, 0.1) is 11.6 Å². The summed E-state index contributed by atoms with van der Waals surface area (Å²) in [6.45, 7) is 4.51. The summed E-state index contributed by atoms with van der Waals surface area (Å²) in [5, 5.41) is 19.1. The molecule has 5 heteroatoms. The van der Waals surface area contributed by atoms with Crippen molar-refractivity contribution in [1.82, 2.24) is 4.90 Å². The maximum absolute atomic E-state index is 12.3. The fourth-order valence-corrected chi connectivity index (χ4v) is 3.20. The van der Waals surface area contributed by atoms with Crippen LogP contribution in [0.25, 0.3) is 0 Å². The molecule has 1 rings (SSSR count). The van der Waals surface area contributed by atoms with Gasteiger partial charge in [-0.15, -0.1) is 0 Å². The van der Waals surface area contributed by atoms with Crippen molar-refractivity contribution in [2.75, 3.05) is 6.54 Å². The SMILES string of the molecule is CCCCCC(C)(O)/C=C/[C@H]1CCCC(=O)N1C/C=C\CCCC(=O)O. The van der Waals surface area contributed by atoms with Crippen LogP contribution in [0.4, 0.5) is 0 Å². The van der Waals surface area contributed by atoms with E-state index in [1.807, 2.05) is 36.1 Å². The van der Waals surface area contributed by atoms with E-state index in [0.717, 1.165) is 38.5 Å². The predicted molar refractivity (Wildman–Crippen MR) is 104 cm³/mol. The second kappa shape index (κ2) is 11.9. The molecule has 0 spiro atoms. The van der Waals surface area contributed by atoms with Gasteiger partial charge < -0.3 is 15.1 Å². The molecular formula is C21H35NO4. The number of aliphatic hydroxyl groups is 1. The number of unbranched alkanes of at least 4 members (excludes halogenated alkanes) is 3. The highest BCUT2D eigenvalue weighted by Crippen LogP contribution is 2.22. The van der Waals surface area contributed by atoms with Gasteiger partial charge in [-0.1, -0.05) is 50.5 Å². The molecule has 1 aliphatic heterocycles. The van der Waals surface area contributed by atoms with E-state index in [2.05, 4.69) is 6.92 Å². The van der Waals surface area contributed by atoms with E-state index in [1.165, 1.54) is 0 Å². The summed E-state index contributed by atoms with van der Waals surface area (Å²) < 4.78 is 0. The second-order valence-electron chi connectivity index (χ2n) is 7.44. The average Bonchev–Trinajstić information content (AvgIpc) is 2.57. The lowest BCUT2D eigenvalue weighted by Crippen LogP contribution is -2.43. The second-order valence-corrected chi connectivity index (χ2v) is 7.44. The molecule has 1 heterocycles. The first-order valence-corrected chi connectivity index (χ1v) is 9.93. The highest BCUT2D eigenvalue weighted by molar-refractivity contribution is 5.77. The van der Waals surface area contributed by atoms with Crippen molar-refractivity contribution < 1.29 is 19.8 Å². The Morgan fingerprint density at radius 1 is 1.31 bits per heavy atom. The zero-order chi connectivity index (χ0) is 19.4. The van der Waals surface area contributed by atoms with Crippen LogP contribution in [-0.4, -0.2) is 45.2 Å². The molecule has 1 saturated heterocycles. The molecule has 2 atom stereocenters. The number of nitrogens with zero attached hydrogens (tertiary/aromatic N) is 1. The molecule has 1 aliphatic rings. The molecule has 0 saturated carbocycles. The molecule has 148 valence electrons. The third-order valence-electron chi connectivity index (χ3n) is 4.81. The first-order valence-electron chi connectivity index (χ1n) is 9.93. The molecule has 0 bridgehead atoms. The number of carbonyl (C=O) groups excluding carboxylic acids is 1. The Hall–Kier alpha value is -1.62. The van der Waals surface area contributed by atoms with Crippen LogP contribution in [0, 0.1) is 0 Å². The van der Waals surface area contributed by atoms with Crippen LogP contribution in [0.15, 0.2) is 24.3 Å². The van der Waals surface area contributed by atoms with E-state index in [4.69, 9.17) is 5.11 Å². The molecule has 0 aromatic heterocycles. The molecular weight excluding hydrogens is 330 g/mol. The zero-order valence-electron chi connectivity index (χ0n) is 16.3. The summed E-state index contributed by atoms with van der Waals surface area (Å²) in [6.07, 6.45) is 15.6. The van der Waals surface area contributed by atoms with Crippen molar-refractivity contribution in [2.24, 2.45) is 0 Å². The Morgan fingerprint density at radius 3 is 2.77 bits per heavy atom. The fourth-order valence-electron chi connectivity index (χ4n) is 3.20. The van der Waals surface area contributed by atoms with Gasteiger partial charge in [0.15, 0.2) is 0 Å². The summed E-state index contributed by atoms with van der Waals surface area (Å²) >= 11 is 0. The predicted octanol–water partition coefficient (Wildman–Crippen LogP) is 4.07. The Bertz CT molecular complexity index is 496. The van der Waals surface area contributed by atoms with Gasteiger partial charge in [0.1, 0.15) is 0 Å². The minimum atomic E-state index is -0.825. The van der Waals surface area contributed by atoms with Crippen LogP contribution < -0.4 is 0 Å². The lowest BCUT2D eigenvalue weighted by atomic mass is 9.94.